The molecule has 1 spiro atoms. The Kier molecular flexibility index (Phi) is 4.44. The Hall–Kier alpha value is -0.380. The number of hydrogen-bond acceptors (Lipinski definition) is 3. The van der Waals surface area contributed by atoms with Gasteiger partial charge in [-0.1, -0.05) is 39.3 Å². The minimum absolute atomic E-state index is 0.107. The van der Waals surface area contributed by atoms with E-state index < -0.39 is 0 Å². The Labute approximate surface area is 183 Å². The zero-order chi connectivity index (χ0) is 20.9. The average Bonchev–Trinajstić information content (AvgIpc) is 3.16. The molecular formula is C27H42O3. The summed E-state index contributed by atoms with van der Waals surface area (Å²) in [5.41, 5.74) is 2.31. The number of rotatable bonds is 0. The summed E-state index contributed by atoms with van der Waals surface area (Å²) in [5.74, 6) is 3.94. The van der Waals surface area contributed by atoms with Crippen molar-refractivity contribution in [3.8, 4) is 0 Å². The van der Waals surface area contributed by atoms with Gasteiger partial charge in [-0.3, -0.25) is 0 Å². The molecule has 4 aliphatic carbocycles. The standard InChI is InChI=1S/C27H42O3/c1-16-7-12-27(29-15-16)17(2)24-23(30-27)14-22-20-6-5-18-13-19(28)8-10-25(18,3)21(20)9-11-26(22,24)4/h5,16-17,19-24,28H,6-15H2,1-4H3/t16-,17+,19+,20-,21+,22+,23+,24-,25+,26+,27-/m1/s1. The maximum Gasteiger partial charge on any atom is 0.171 e. The van der Waals surface area contributed by atoms with Crippen LogP contribution < -0.4 is 0 Å². The van der Waals surface area contributed by atoms with Gasteiger partial charge in [-0.15, -0.1) is 0 Å². The van der Waals surface area contributed by atoms with Crippen molar-refractivity contribution in [1.29, 1.82) is 0 Å². The van der Waals surface area contributed by atoms with E-state index in [1.54, 1.807) is 5.57 Å². The highest BCUT2D eigenvalue weighted by molar-refractivity contribution is 5.26. The molecule has 2 saturated heterocycles. The highest BCUT2D eigenvalue weighted by Gasteiger charge is 2.68. The van der Waals surface area contributed by atoms with Crippen LogP contribution in [0.1, 0.15) is 85.5 Å². The van der Waals surface area contributed by atoms with Gasteiger partial charge in [-0.25, -0.2) is 0 Å². The molecule has 168 valence electrons. The fourth-order valence-electron chi connectivity index (χ4n) is 9.66. The van der Waals surface area contributed by atoms with Crippen LogP contribution in [0.25, 0.3) is 0 Å². The predicted octanol–water partition coefficient (Wildman–Crippen LogP) is 5.71. The van der Waals surface area contributed by atoms with Crippen LogP contribution in [0.2, 0.25) is 0 Å². The minimum atomic E-state index is -0.294. The van der Waals surface area contributed by atoms with Crippen molar-refractivity contribution in [2.45, 2.75) is 103 Å². The second kappa shape index (κ2) is 6.58. The fourth-order valence-corrected chi connectivity index (χ4v) is 9.66. The molecule has 0 aromatic carbocycles. The van der Waals surface area contributed by atoms with Crippen molar-refractivity contribution in [2.75, 3.05) is 6.61 Å². The van der Waals surface area contributed by atoms with Crippen LogP contribution >= 0.6 is 0 Å². The van der Waals surface area contributed by atoms with E-state index in [1.165, 1.54) is 38.5 Å². The van der Waals surface area contributed by atoms with Gasteiger partial charge in [-0.05, 0) is 91.8 Å². The van der Waals surface area contributed by atoms with Gasteiger partial charge in [0.15, 0.2) is 5.79 Å². The molecule has 3 heteroatoms. The van der Waals surface area contributed by atoms with E-state index in [4.69, 9.17) is 9.47 Å². The first-order valence-corrected chi connectivity index (χ1v) is 13.0. The Morgan fingerprint density at radius 3 is 2.63 bits per heavy atom. The summed E-state index contributed by atoms with van der Waals surface area (Å²) in [4.78, 5) is 0. The largest absolute Gasteiger partial charge is 0.393 e. The normalized spacial score (nSPS) is 59.8. The quantitative estimate of drug-likeness (QED) is 0.516. The van der Waals surface area contributed by atoms with Gasteiger partial charge in [0.2, 0.25) is 0 Å². The molecule has 2 heterocycles. The van der Waals surface area contributed by atoms with E-state index in [1.807, 2.05) is 0 Å². The van der Waals surface area contributed by atoms with E-state index in [-0.39, 0.29) is 11.9 Å². The third-order valence-electron chi connectivity index (χ3n) is 11.3. The molecule has 0 aromatic heterocycles. The summed E-state index contributed by atoms with van der Waals surface area (Å²) >= 11 is 0. The molecule has 2 aliphatic heterocycles. The van der Waals surface area contributed by atoms with Crippen LogP contribution in [0.5, 0.6) is 0 Å². The summed E-state index contributed by atoms with van der Waals surface area (Å²) in [6, 6.07) is 0. The van der Waals surface area contributed by atoms with Crippen molar-refractivity contribution in [2.24, 2.45) is 46.3 Å². The molecule has 6 aliphatic rings. The minimum Gasteiger partial charge on any atom is -0.393 e. The van der Waals surface area contributed by atoms with Gasteiger partial charge in [0, 0.05) is 12.3 Å². The third-order valence-corrected chi connectivity index (χ3v) is 11.3. The predicted molar refractivity (Wildman–Crippen MR) is 118 cm³/mol. The van der Waals surface area contributed by atoms with Gasteiger partial charge in [0.25, 0.3) is 0 Å². The fraction of sp³-hybridized carbons (Fsp3) is 0.926. The van der Waals surface area contributed by atoms with Crippen molar-refractivity contribution >= 4 is 0 Å². The van der Waals surface area contributed by atoms with E-state index in [2.05, 4.69) is 33.8 Å². The number of fused-ring (bicyclic) bond motifs is 7. The van der Waals surface area contributed by atoms with Gasteiger partial charge in [0.1, 0.15) is 0 Å². The zero-order valence-corrected chi connectivity index (χ0v) is 19.5. The Morgan fingerprint density at radius 1 is 1.03 bits per heavy atom. The summed E-state index contributed by atoms with van der Waals surface area (Å²) < 4.78 is 13.3. The number of aliphatic hydroxyl groups excluding tert-OH is 1. The SMILES string of the molecule is C[C@@H]1CC[C@@]2(OC1)O[C@H]1C[C@H]3[C@@H]4CC=C5C[C@@H](O)CC[C@]5(C)[C@H]4CC[C@]3(C)[C@@H]1[C@@H]2C. The van der Waals surface area contributed by atoms with Crippen molar-refractivity contribution < 1.29 is 14.6 Å². The van der Waals surface area contributed by atoms with Crippen molar-refractivity contribution in [1.82, 2.24) is 0 Å². The van der Waals surface area contributed by atoms with Crippen molar-refractivity contribution in [3.63, 3.8) is 0 Å². The molecule has 0 radical (unpaired) electrons. The number of allylic oxidation sites excluding steroid dienone is 1. The maximum atomic E-state index is 10.3. The summed E-state index contributed by atoms with van der Waals surface area (Å²) in [6.45, 7) is 10.8. The van der Waals surface area contributed by atoms with Gasteiger partial charge in [0.05, 0.1) is 18.8 Å². The molecule has 6 rings (SSSR count). The number of aliphatic hydroxyl groups is 1. The Morgan fingerprint density at radius 2 is 1.87 bits per heavy atom. The number of ether oxygens (including phenoxy) is 2. The van der Waals surface area contributed by atoms with Gasteiger partial charge < -0.3 is 14.6 Å². The second-order valence-corrected chi connectivity index (χ2v) is 12.7. The van der Waals surface area contributed by atoms with Crippen LogP contribution in [0.15, 0.2) is 11.6 Å². The third kappa shape index (κ3) is 2.55. The molecule has 0 unspecified atom stereocenters. The Bertz CT molecular complexity index is 736. The molecule has 3 saturated carbocycles. The van der Waals surface area contributed by atoms with E-state index in [9.17, 15) is 5.11 Å². The smallest absolute Gasteiger partial charge is 0.171 e. The summed E-state index contributed by atoms with van der Waals surface area (Å²) in [7, 11) is 0. The first-order valence-electron chi connectivity index (χ1n) is 13.0. The first kappa shape index (κ1) is 20.2. The monoisotopic (exact) mass is 414 g/mol. The highest BCUT2D eigenvalue weighted by Crippen LogP contribution is 2.70. The lowest BCUT2D eigenvalue weighted by Gasteiger charge is -2.58. The van der Waals surface area contributed by atoms with Gasteiger partial charge >= 0.3 is 0 Å². The average molecular weight is 415 g/mol. The zero-order valence-electron chi connectivity index (χ0n) is 19.5. The lowest BCUT2D eigenvalue weighted by molar-refractivity contribution is -0.272. The molecule has 0 amide bonds. The van der Waals surface area contributed by atoms with Crippen molar-refractivity contribution in [3.05, 3.63) is 11.6 Å². The molecule has 11 atom stereocenters. The topological polar surface area (TPSA) is 38.7 Å². The number of hydrogen-bond donors (Lipinski definition) is 1. The van der Waals surface area contributed by atoms with Gasteiger partial charge in [-0.2, -0.15) is 0 Å². The second-order valence-electron chi connectivity index (χ2n) is 12.7. The lowest BCUT2D eigenvalue weighted by atomic mass is 9.47. The van der Waals surface area contributed by atoms with Crippen LogP contribution in [0.4, 0.5) is 0 Å². The van der Waals surface area contributed by atoms with E-state index in [0.29, 0.717) is 34.7 Å². The van der Waals surface area contributed by atoms with E-state index in [0.717, 1.165) is 43.6 Å². The Balaban J connectivity index is 1.28. The summed E-state index contributed by atoms with van der Waals surface area (Å²) in [5, 5.41) is 10.3. The summed E-state index contributed by atoms with van der Waals surface area (Å²) in [6.07, 6.45) is 13.5. The molecule has 5 fully saturated rings. The maximum absolute atomic E-state index is 10.3. The molecule has 30 heavy (non-hydrogen) atoms. The van der Waals surface area contributed by atoms with E-state index >= 15 is 0 Å². The molecule has 1 N–H and O–H groups in total. The van der Waals surface area contributed by atoms with Crippen LogP contribution in [0.3, 0.4) is 0 Å². The molecule has 0 bridgehead atoms. The van der Waals surface area contributed by atoms with Crippen LogP contribution in [0, 0.1) is 46.3 Å². The lowest BCUT2D eigenvalue weighted by Crippen LogP contribution is -2.52. The van der Waals surface area contributed by atoms with Crippen LogP contribution in [-0.4, -0.2) is 29.7 Å². The molecule has 3 nitrogen and oxygen atoms in total. The first-order chi connectivity index (χ1) is 14.3. The highest BCUT2D eigenvalue weighted by atomic mass is 16.7. The van der Waals surface area contributed by atoms with Crippen LogP contribution in [-0.2, 0) is 9.47 Å². The molecular weight excluding hydrogens is 372 g/mol. The molecule has 0 aromatic rings.